The van der Waals surface area contributed by atoms with Gasteiger partial charge in [0.05, 0.1) is 29.7 Å². The summed E-state index contributed by atoms with van der Waals surface area (Å²) >= 11 is 0. The van der Waals surface area contributed by atoms with Crippen LogP contribution in [0.5, 0.6) is 0 Å². The van der Waals surface area contributed by atoms with Crippen molar-refractivity contribution in [3.8, 4) is 11.3 Å². The number of nitrogens with zero attached hydrogens (tertiary/aromatic N) is 7. The molecule has 14 nitrogen and oxygen atoms in total. The van der Waals surface area contributed by atoms with Gasteiger partial charge in [-0.15, -0.1) is 0 Å². The predicted octanol–water partition coefficient (Wildman–Crippen LogP) is 5.26. The van der Waals surface area contributed by atoms with Crippen LogP contribution in [0.25, 0.3) is 11.3 Å². The number of pyridine rings is 1. The number of aromatic nitrogens is 4. The second-order valence-electron chi connectivity index (χ2n) is 17.9. The van der Waals surface area contributed by atoms with E-state index in [1.54, 1.807) is 25.5 Å². The maximum atomic E-state index is 14.5. The Balaban J connectivity index is 1.02. The Bertz CT molecular complexity index is 2380. The molecule has 2 saturated heterocycles. The van der Waals surface area contributed by atoms with Gasteiger partial charge < -0.3 is 34.5 Å². The highest BCUT2D eigenvalue weighted by Gasteiger charge is 2.46. The van der Waals surface area contributed by atoms with Crippen molar-refractivity contribution >= 4 is 40.5 Å². The third kappa shape index (κ3) is 7.35. The molecular formula is C45H55N9O5. The lowest BCUT2D eigenvalue weighted by molar-refractivity contribution is -0.111. The lowest BCUT2D eigenvalue weighted by Crippen LogP contribution is -2.56. The molecule has 5 aliphatic rings. The fraction of sp³-hybridized carbons (Fsp3) is 0.489. The number of anilines is 5. The van der Waals surface area contributed by atoms with Gasteiger partial charge in [0.15, 0.2) is 5.82 Å². The number of rotatable bonds is 10. The molecule has 2 aliphatic carbocycles. The first-order valence-corrected chi connectivity index (χ1v) is 21.1. The Morgan fingerprint density at radius 2 is 1.86 bits per heavy atom. The number of carbonyl (C=O) groups excluding carboxylic acids is 2. The monoisotopic (exact) mass is 801 g/mol. The largest absolute Gasteiger partial charge is 0.392 e. The number of hydrogen-bond donors (Lipinski definition) is 3. The van der Waals surface area contributed by atoms with Crippen molar-refractivity contribution in [2.45, 2.75) is 90.6 Å². The van der Waals surface area contributed by atoms with Crippen LogP contribution in [0.4, 0.5) is 28.7 Å². The number of aryl methyl sites for hydroxylation is 1. The molecule has 1 aromatic carbocycles. The SMILES string of the molecule is C=CC(=O)Nc1cc(Nc2nc(-c3ccnc(N4C(=O)c5cc6c(n5CC4C4CC4)CC(C)(C)C6)c3CO)cn(C)c2=O)ccc1N1CCN(C2CCOCC2)C[C@@H]1C. The van der Waals surface area contributed by atoms with E-state index in [4.69, 9.17) is 14.7 Å². The topological polar surface area (TPSA) is 150 Å². The quantitative estimate of drug-likeness (QED) is 0.182. The Morgan fingerprint density at radius 1 is 1.07 bits per heavy atom. The van der Waals surface area contributed by atoms with Gasteiger partial charge in [-0.25, -0.2) is 9.97 Å². The average molecular weight is 802 g/mol. The van der Waals surface area contributed by atoms with Crippen LogP contribution in [-0.2, 0) is 42.6 Å². The normalized spacial score (nSPS) is 21.9. The van der Waals surface area contributed by atoms with E-state index in [1.165, 1.54) is 21.9 Å². The number of carbonyl (C=O) groups is 2. The van der Waals surface area contributed by atoms with Crippen LogP contribution >= 0.6 is 0 Å². The van der Waals surface area contributed by atoms with E-state index < -0.39 is 0 Å². The molecule has 0 spiro atoms. The molecule has 3 aromatic heterocycles. The molecule has 3 N–H and O–H groups in total. The van der Waals surface area contributed by atoms with Crippen LogP contribution in [0.2, 0.25) is 0 Å². The summed E-state index contributed by atoms with van der Waals surface area (Å²) in [5.74, 6) is 0.398. The number of benzene rings is 1. The maximum Gasteiger partial charge on any atom is 0.293 e. The van der Waals surface area contributed by atoms with Gasteiger partial charge in [-0.3, -0.25) is 24.2 Å². The minimum atomic E-state index is -0.381. The standard InChI is InChI=1S/C45H55N9O5/c1-6-40(56)48-34-20-30(9-10-36(34)52-16-15-51(23-27(52)2)31-12-17-59-18-13-31)47-41-44(58)50(5)24-35(49-41)32-11-14-46-42(33(32)26-55)54-39(28-7-8-28)25-53-37(43(54)57)19-29-21-45(3,4)22-38(29)53/h6,9-11,14,19-20,24,27-28,31,39,55H,1,7-8,12-13,15-18,21-23,25-26H2,2-5H3,(H,47,49)(H,48,56)/t27-,39?/m0/s1. The van der Waals surface area contributed by atoms with Gasteiger partial charge in [0.25, 0.3) is 11.5 Å². The van der Waals surface area contributed by atoms with Gasteiger partial charge in [-0.2, -0.15) is 0 Å². The number of aliphatic hydroxyl groups excluding tert-OH is 1. The zero-order valence-electron chi connectivity index (χ0n) is 34.5. The summed E-state index contributed by atoms with van der Waals surface area (Å²) in [5, 5.41) is 17.2. The molecule has 6 heterocycles. The summed E-state index contributed by atoms with van der Waals surface area (Å²) in [4.78, 5) is 57.2. The summed E-state index contributed by atoms with van der Waals surface area (Å²) in [6.45, 7) is 14.9. The van der Waals surface area contributed by atoms with E-state index in [-0.39, 0.29) is 47.3 Å². The van der Waals surface area contributed by atoms with Gasteiger partial charge >= 0.3 is 0 Å². The number of ether oxygens (including phenoxy) is 1. The fourth-order valence-corrected chi connectivity index (χ4v) is 9.97. The highest BCUT2D eigenvalue weighted by molar-refractivity contribution is 6.07. The molecule has 3 aliphatic heterocycles. The van der Waals surface area contributed by atoms with Crippen molar-refractivity contribution in [1.82, 2.24) is 24.0 Å². The number of piperazine rings is 1. The number of nitrogens with one attached hydrogen (secondary N) is 2. The van der Waals surface area contributed by atoms with E-state index >= 15 is 0 Å². The predicted molar refractivity (Wildman–Crippen MR) is 228 cm³/mol. The third-order valence-corrected chi connectivity index (χ3v) is 13.1. The third-order valence-electron chi connectivity index (χ3n) is 13.1. The van der Waals surface area contributed by atoms with Crippen molar-refractivity contribution in [2.24, 2.45) is 18.4 Å². The smallest absolute Gasteiger partial charge is 0.293 e. The summed E-state index contributed by atoms with van der Waals surface area (Å²) in [5.41, 5.74) is 6.53. The Kier molecular flexibility index (Phi) is 10.2. The molecule has 9 rings (SSSR count). The van der Waals surface area contributed by atoms with Gasteiger partial charge in [0.1, 0.15) is 11.5 Å². The van der Waals surface area contributed by atoms with Crippen molar-refractivity contribution in [3.63, 3.8) is 0 Å². The Hall–Kier alpha value is -5.31. The molecule has 3 fully saturated rings. The summed E-state index contributed by atoms with van der Waals surface area (Å²) in [7, 11) is 1.66. The van der Waals surface area contributed by atoms with Crippen LogP contribution in [0.1, 0.15) is 73.8 Å². The minimum Gasteiger partial charge on any atom is -0.392 e. The first-order valence-electron chi connectivity index (χ1n) is 21.1. The van der Waals surface area contributed by atoms with E-state index in [0.717, 1.165) is 77.1 Å². The van der Waals surface area contributed by atoms with E-state index in [0.29, 0.717) is 58.2 Å². The van der Waals surface area contributed by atoms with Gasteiger partial charge in [-0.05, 0) is 98.8 Å². The van der Waals surface area contributed by atoms with Crippen molar-refractivity contribution in [3.05, 3.63) is 88.2 Å². The number of hydrogen-bond acceptors (Lipinski definition) is 10. The van der Waals surface area contributed by atoms with E-state index in [9.17, 15) is 19.5 Å². The number of amides is 2. The zero-order valence-corrected chi connectivity index (χ0v) is 34.5. The van der Waals surface area contributed by atoms with Crippen LogP contribution < -0.4 is 26.0 Å². The van der Waals surface area contributed by atoms with Crippen molar-refractivity contribution in [1.29, 1.82) is 0 Å². The van der Waals surface area contributed by atoms with Crippen LogP contribution in [0.15, 0.2) is 60.2 Å². The molecule has 2 amide bonds. The summed E-state index contributed by atoms with van der Waals surface area (Å²) < 4.78 is 9.30. The highest BCUT2D eigenvalue weighted by atomic mass is 16.5. The van der Waals surface area contributed by atoms with Gasteiger partial charge in [0.2, 0.25) is 5.91 Å². The lowest BCUT2D eigenvalue weighted by Gasteiger charge is -2.45. The lowest BCUT2D eigenvalue weighted by atomic mass is 9.90. The minimum absolute atomic E-state index is 0.0691. The molecule has 2 atom stereocenters. The highest BCUT2D eigenvalue weighted by Crippen LogP contribution is 2.45. The second kappa shape index (κ2) is 15.4. The molecule has 1 saturated carbocycles. The summed E-state index contributed by atoms with van der Waals surface area (Å²) in [6.07, 6.45) is 10.6. The van der Waals surface area contributed by atoms with Gasteiger partial charge in [-0.1, -0.05) is 20.4 Å². The average Bonchev–Trinajstić information content (AvgIpc) is 3.96. The van der Waals surface area contributed by atoms with E-state index in [1.807, 2.05) is 23.1 Å². The molecule has 59 heavy (non-hydrogen) atoms. The van der Waals surface area contributed by atoms with Crippen LogP contribution in [0, 0.1) is 11.3 Å². The molecule has 4 aromatic rings. The second-order valence-corrected chi connectivity index (χ2v) is 17.9. The Labute approximate surface area is 344 Å². The van der Waals surface area contributed by atoms with Gasteiger partial charge in [0, 0.05) is 93.4 Å². The molecule has 1 unspecified atom stereocenters. The van der Waals surface area contributed by atoms with Crippen LogP contribution in [-0.4, -0.2) is 91.9 Å². The zero-order chi connectivity index (χ0) is 41.2. The molecule has 14 heteroatoms. The molecular weight excluding hydrogens is 747 g/mol. The number of aliphatic hydroxyl groups is 1. The molecule has 0 bridgehead atoms. The first-order chi connectivity index (χ1) is 28.4. The first kappa shape index (κ1) is 39.2. The molecule has 310 valence electrons. The maximum absolute atomic E-state index is 14.5. The van der Waals surface area contributed by atoms with Crippen LogP contribution in [0.3, 0.4) is 0 Å². The molecule has 0 radical (unpaired) electrons. The summed E-state index contributed by atoms with van der Waals surface area (Å²) in [6, 6.07) is 10.1. The van der Waals surface area contributed by atoms with Crippen molar-refractivity contribution in [2.75, 3.05) is 53.3 Å². The fourth-order valence-electron chi connectivity index (χ4n) is 9.97. The van der Waals surface area contributed by atoms with E-state index in [2.05, 4.69) is 58.4 Å². The number of fused-ring (bicyclic) bond motifs is 3. The Morgan fingerprint density at radius 3 is 2.59 bits per heavy atom. The van der Waals surface area contributed by atoms with Crippen molar-refractivity contribution < 1.29 is 19.4 Å².